The summed E-state index contributed by atoms with van der Waals surface area (Å²) in [6.07, 6.45) is -0.833. The predicted molar refractivity (Wildman–Crippen MR) is 129 cm³/mol. The molecule has 0 bridgehead atoms. The van der Waals surface area contributed by atoms with Gasteiger partial charge in [0.15, 0.2) is 0 Å². The number of rotatable bonds is 5. The fourth-order valence-corrected chi connectivity index (χ4v) is 5.08. The van der Waals surface area contributed by atoms with Gasteiger partial charge in [-0.2, -0.15) is 0 Å². The van der Waals surface area contributed by atoms with E-state index in [1.165, 1.54) is 0 Å². The molecule has 4 N–H and O–H groups in total. The second kappa shape index (κ2) is 10.8. The Labute approximate surface area is 216 Å². The zero-order valence-electron chi connectivity index (χ0n) is 21.5. The number of halogens is 2. The highest BCUT2D eigenvalue weighted by Crippen LogP contribution is 2.44. The average molecular weight is 600 g/mol. The largest absolute Gasteiger partial charge is 0.443 e. The number of primary sulfonamides is 1. The Hall–Kier alpha value is -1.79. The third-order valence-electron chi connectivity index (χ3n) is 4.48. The SMILES string of the molecule is CC(C)(C)OC(=O)NS(=O)(=O)C1(F)CC1.CC(C)(C)OC(=O)NS(=O)(=O)C1CC1.NS(=O)(=O)C1(F)CC1. The molecule has 0 radical (unpaired) electrons. The lowest BCUT2D eigenvalue weighted by Gasteiger charge is -2.20. The van der Waals surface area contributed by atoms with Crippen molar-refractivity contribution in [2.24, 2.45) is 5.14 Å². The molecule has 0 saturated heterocycles. The molecule has 3 fully saturated rings. The van der Waals surface area contributed by atoms with Crippen LogP contribution in [0.4, 0.5) is 18.4 Å². The maximum absolute atomic E-state index is 13.2. The molecule has 37 heavy (non-hydrogen) atoms. The molecule has 2 amide bonds. The van der Waals surface area contributed by atoms with Crippen LogP contribution in [0.25, 0.3) is 0 Å². The molecule has 3 aliphatic rings. The molecule has 0 heterocycles. The number of ether oxygens (including phenoxy) is 2. The highest BCUT2D eigenvalue weighted by molar-refractivity contribution is 7.91. The van der Waals surface area contributed by atoms with Crippen molar-refractivity contribution in [3.63, 3.8) is 0 Å². The maximum atomic E-state index is 13.2. The smallest absolute Gasteiger partial charge is 0.421 e. The van der Waals surface area contributed by atoms with Crippen LogP contribution in [0.3, 0.4) is 0 Å². The van der Waals surface area contributed by atoms with E-state index in [-0.39, 0.29) is 25.7 Å². The second-order valence-electron chi connectivity index (χ2n) is 10.8. The van der Waals surface area contributed by atoms with Crippen molar-refractivity contribution in [2.75, 3.05) is 0 Å². The molecular formula is C19H35F2N3O10S3. The number of amides is 2. The first-order chi connectivity index (χ1) is 16.2. The van der Waals surface area contributed by atoms with Gasteiger partial charge in [0, 0.05) is 25.7 Å². The Balaban J connectivity index is 0.000000290. The minimum absolute atomic E-state index is 0.0613. The third-order valence-corrected chi connectivity index (χ3v) is 9.52. The number of alkyl halides is 2. The molecule has 0 atom stereocenters. The van der Waals surface area contributed by atoms with Crippen molar-refractivity contribution in [3.8, 4) is 0 Å². The Morgan fingerprint density at radius 3 is 1.35 bits per heavy atom. The van der Waals surface area contributed by atoms with E-state index < -0.39 is 68.7 Å². The highest BCUT2D eigenvalue weighted by Gasteiger charge is 2.57. The molecule has 0 unspecified atom stereocenters. The van der Waals surface area contributed by atoms with E-state index in [4.69, 9.17) is 9.47 Å². The summed E-state index contributed by atoms with van der Waals surface area (Å²) in [7, 11) is -11.6. The lowest BCUT2D eigenvalue weighted by Crippen LogP contribution is -2.40. The lowest BCUT2D eigenvalue weighted by molar-refractivity contribution is 0.0556. The first kappa shape index (κ1) is 33.2. The monoisotopic (exact) mass is 599 g/mol. The Bertz CT molecular complexity index is 1180. The summed E-state index contributed by atoms with van der Waals surface area (Å²) >= 11 is 0. The molecule has 0 spiro atoms. The summed E-state index contributed by atoms with van der Waals surface area (Å²) in [6, 6.07) is 0. The molecule has 0 aromatic rings. The lowest BCUT2D eigenvalue weighted by atomic mass is 10.2. The van der Waals surface area contributed by atoms with E-state index in [1.54, 1.807) is 46.3 Å². The number of nitrogens with two attached hydrogens (primary N) is 1. The van der Waals surface area contributed by atoms with Crippen LogP contribution in [-0.4, -0.2) is 63.9 Å². The molecule has 18 heteroatoms. The molecule has 0 aromatic carbocycles. The summed E-state index contributed by atoms with van der Waals surface area (Å²) in [5.74, 6) is 0. The number of sulfonamides is 3. The molecule has 0 aliphatic heterocycles. The minimum atomic E-state index is -4.25. The van der Waals surface area contributed by atoms with E-state index in [0.717, 1.165) is 0 Å². The van der Waals surface area contributed by atoms with Gasteiger partial charge < -0.3 is 9.47 Å². The van der Waals surface area contributed by atoms with Crippen molar-refractivity contribution in [1.82, 2.24) is 9.44 Å². The zero-order chi connectivity index (χ0) is 29.3. The number of nitrogens with one attached hydrogen (secondary N) is 2. The fourth-order valence-electron chi connectivity index (χ4n) is 2.13. The fraction of sp³-hybridized carbons (Fsp3) is 0.895. The summed E-state index contributed by atoms with van der Waals surface area (Å²) in [5.41, 5.74) is -1.49. The van der Waals surface area contributed by atoms with Crippen LogP contribution in [-0.2, 0) is 39.5 Å². The third kappa shape index (κ3) is 11.6. The van der Waals surface area contributed by atoms with Crippen molar-refractivity contribution in [1.29, 1.82) is 0 Å². The van der Waals surface area contributed by atoms with E-state index in [1.807, 2.05) is 4.72 Å². The van der Waals surface area contributed by atoms with Crippen LogP contribution >= 0.6 is 0 Å². The summed E-state index contributed by atoms with van der Waals surface area (Å²) in [4.78, 5) is 22.2. The first-order valence-corrected chi connectivity index (χ1v) is 15.7. The summed E-state index contributed by atoms with van der Waals surface area (Å²) < 4.78 is 104. The molecule has 3 saturated carbocycles. The van der Waals surface area contributed by atoms with E-state index >= 15 is 0 Å². The predicted octanol–water partition coefficient (Wildman–Crippen LogP) is 2.04. The van der Waals surface area contributed by atoms with Crippen molar-refractivity contribution in [3.05, 3.63) is 0 Å². The van der Waals surface area contributed by atoms with Gasteiger partial charge in [-0.3, -0.25) is 0 Å². The number of hydrogen-bond donors (Lipinski definition) is 3. The van der Waals surface area contributed by atoms with Gasteiger partial charge in [0.25, 0.3) is 10.0 Å². The van der Waals surface area contributed by atoms with Gasteiger partial charge in [-0.15, -0.1) is 0 Å². The van der Waals surface area contributed by atoms with Gasteiger partial charge in [0.2, 0.25) is 30.0 Å². The Kier molecular flexibility index (Phi) is 9.67. The number of carbonyl (C=O) groups is 2. The summed E-state index contributed by atoms with van der Waals surface area (Å²) in [6.45, 7) is 9.79. The van der Waals surface area contributed by atoms with Crippen LogP contribution in [0.1, 0.15) is 80.1 Å². The Morgan fingerprint density at radius 2 is 1.11 bits per heavy atom. The molecule has 0 aromatic heterocycles. The average Bonchev–Trinajstić information content (AvgIpc) is 3.44. The van der Waals surface area contributed by atoms with Crippen LogP contribution in [0.5, 0.6) is 0 Å². The Morgan fingerprint density at radius 1 is 0.757 bits per heavy atom. The van der Waals surface area contributed by atoms with E-state index in [2.05, 4.69) is 5.14 Å². The highest BCUT2D eigenvalue weighted by atomic mass is 32.2. The number of hydrogen-bond acceptors (Lipinski definition) is 10. The normalized spacial score (nSPS) is 20.0. The topological polar surface area (TPSA) is 205 Å². The van der Waals surface area contributed by atoms with Crippen LogP contribution in [0.15, 0.2) is 0 Å². The van der Waals surface area contributed by atoms with Gasteiger partial charge in [-0.1, -0.05) is 0 Å². The van der Waals surface area contributed by atoms with Gasteiger partial charge in [-0.25, -0.2) is 58.2 Å². The zero-order valence-corrected chi connectivity index (χ0v) is 23.9. The van der Waals surface area contributed by atoms with Gasteiger partial charge in [0.1, 0.15) is 11.2 Å². The molecule has 3 aliphatic carbocycles. The van der Waals surface area contributed by atoms with E-state index in [9.17, 15) is 43.6 Å². The molecule has 218 valence electrons. The summed E-state index contributed by atoms with van der Waals surface area (Å²) in [5, 5.41) is -0.285. The minimum Gasteiger partial charge on any atom is -0.443 e. The standard InChI is InChI=1S/C8H14FNO4S.C8H15NO4S.C3H6FNO2S/c1-7(2,3)14-6(11)10-15(12,13)8(9)4-5-8;1-8(2,3)13-7(10)9-14(11,12)6-4-5-6;4-3(1-2-3)8(5,6)7/h4-5H2,1-3H3,(H,10,11);6H,4-5H2,1-3H3,(H,9,10);1-2H2,(H2,5,6,7). The van der Waals surface area contributed by atoms with Gasteiger partial charge in [0.05, 0.1) is 5.25 Å². The van der Waals surface area contributed by atoms with E-state index in [0.29, 0.717) is 12.8 Å². The molecule has 3 rings (SSSR count). The molecular weight excluding hydrogens is 564 g/mol. The van der Waals surface area contributed by atoms with Crippen LogP contribution in [0.2, 0.25) is 0 Å². The van der Waals surface area contributed by atoms with Crippen LogP contribution in [0, 0.1) is 0 Å². The maximum Gasteiger partial charge on any atom is 0.421 e. The van der Waals surface area contributed by atoms with Crippen molar-refractivity contribution in [2.45, 2.75) is 107 Å². The molecule has 13 nitrogen and oxygen atoms in total. The van der Waals surface area contributed by atoms with Gasteiger partial charge in [-0.05, 0) is 54.4 Å². The first-order valence-electron chi connectivity index (χ1n) is 11.1. The number of carbonyl (C=O) groups excluding carboxylic acids is 2. The van der Waals surface area contributed by atoms with Crippen LogP contribution < -0.4 is 14.6 Å². The quantitative estimate of drug-likeness (QED) is 0.419. The van der Waals surface area contributed by atoms with Crippen molar-refractivity contribution < 1.29 is 53.1 Å². The van der Waals surface area contributed by atoms with Crippen molar-refractivity contribution >= 4 is 42.3 Å². The van der Waals surface area contributed by atoms with Gasteiger partial charge >= 0.3 is 12.2 Å². The second-order valence-corrected chi connectivity index (χ2v) is 16.5.